The molecule has 0 aliphatic heterocycles. The van der Waals surface area contributed by atoms with E-state index in [2.05, 4.69) is 52.3 Å². The summed E-state index contributed by atoms with van der Waals surface area (Å²) < 4.78 is 34.0. The van der Waals surface area contributed by atoms with Gasteiger partial charge in [-0.3, -0.25) is 4.79 Å². The molecule has 0 saturated carbocycles. The Morgan fingerprint density at radius 3 is 1.93 bits per heavy atom. The minimum absolute atomic E-state index is 0.0599. The number of carbonyl (C=O) groups excluding carboxylic acids is 1. The zero-order chi connectivity index (χ0) is 28.5. The highest BCUT2D eigenvalue weighted by molar-refractivity contribution is 5.94. The normalized spacial score (nSPS) is 11.0. The predicted octanol–water partition coefficient (Wildman–Crippen LogP) is 6.36. The molecule has 0 spiro atoms. The molecule has 5 rings (SSSR count). The summed E-state index contributed by atoms with van der Waals surface area (Å²) in [7, 11) is 0. The van der Waals surface area contributed by atoms with Gasteiger partial charge in [-0.05, 0) is 41.8 Å². The number of aliphatic carboxylic acids is 1. The van der Waals surface area contributed by atoms with E-state index in [1.54, 1.807) is 0 Å². The van der Waals surface area contributed by atoms with Crippen LogP contribution in [-0.4, -0.2) is 39.3 Å². The van der Waals surface area contributed by atoms with Crippen LogP contribution in [0.4, 0.5) is 13.2 Å². The fraction of sp³-hybridized carbons (Fsp3) is 0.129. The van der Waals surface area contributed by atoms with Crippen molar-refractivity contribution in [1.29, 1.82) is 0 Å². The molecule has 0 unspecified atom stereocenters. The number of fused-ring (bicyclic) bond motifs is 1. The Hall–Kier alpha value is -4.92. The summed E-state index contributed by atoms with van der Waals surface area (Å²) in [6.45, 7) is 1.34. The minimum Gasteiger partial charge on any atom is -0.475 e. The minimum atomic E-state index is -5.08. The Bertz CT molecular complexity index is 1570. The second-order valence-electron chi connectivity index (χ2n) is 8.87. The lowest BCUT2D eigenvalue weighted by Gasteiger charge is -2.10. The van der Waals surface area contributed by atoms with Crippen molar-refractivity contribution >= 4 is 22.9 Å². The molecule has 204 valence electrons. The first-order valence-electron chi connectivity index (χ1n) is 12.4. The van der Waals surface area contributed by atoms with Gasteiger partial charge in [0, 0.05) is 24.2 Å². The summed E-state index contributed by atoms with van der Waals surface area (Å²) in [6.07, 6.45) is -4.27. The number of nitrogens with one attached hydrogen (secondary N) is 1. The Morgan fingerprint density at radius 1 is 0.775 bits per heavy atom. The number of hydrogen-bond donors (Lipinski definition) is 2. The number of imidazole rings is 1. The number of para-hydroxylation sites is 2. The number of rotatable bonds is 7. The smallest absolute Gasteiger partial charge is 0.475 e. The molecule has 0 radical (unpaired) electrons. The quantitative estimate of drug-likeness (QED) is 0.249. The van der Waals surface area contributed by atoms with Crippen LogP contribution in [-0.2, 0) is 17.8 Å². The maximum atomic E-state index is 12.6. The van der Waals surface area contributed by atoms with Crippen molar-refractivity contribution in [2.75, 3.05) is 6.54 Å². The van der Waals surface area contributed by atoms with Gasteiger partial charge in [0.15, 0.2) is 0 Å². The van der Waals surface area contributed by atoms with E-state index in [1.807, 2.05) is 66.7 Å². The van der Waals surface area contributed by atoms with E-state index in [0.717, 1.165) is 35.4 Å². The molecular weight excluding hydrogens is 519 g/mol. The first-order chi connectivity index (χ1) is 19.2. The molecule has 1 heterocycles. The van der Waals surface area contributed by atoms with E-state index >= 15 is 0 Å². The van der Waals surface area contributed by atoms with Gasteiger partial charge in [-0.1, -0.05) is 84.9 Å². The van der Waals surface area contributed by atoms with Gasteiger partial charge in [-0.25, -0.2) is 9.78 Å². The van der Waals surface area contributed by atoms with Crippen molar-refractivity contribution in [3.63, 3.8) is 0 Å². The van der Waals surface area contributed by atoms with E-state index in [0.29, 0.717) is 12.1 Å². The van der Waals surface area contributed by atoms with Crippen molar-refractivity contribution in [3.05, 3.63) is 126 Å². The average molecular weight is 546 g/mol. The highest BCUT2D eigenvalue weighted by atomic mass is 19.4. The number of aromatic nitrogens is 2. The molecule has 5 aromatic rings. The Balaban J connectivity index is 0.000000470. The monoisotopic (exact) mass is 545 g/mol. The molecule has 0 bridgehead atoms. The first kappa shape index (κ1) is 28.1. The SMILES string of the molecule is O=C(NCCc1ccccc1)c1ccc(-c2nc3ccccc3n2Cc2ccccc2)cc1.O=C(O)C(F)(F)F. The Morgan fingerprint density at radius 2 is 1.32 bits per heavy atom. The fourth-order valence-electron chi connectivity index (χ4n) is 4.06. The number of alkyl halides is 3. The average Bonchev–Trinajstić information content (AvgIpc) is 3.32. The molecule has 4 aromatic carbocycles. The predicted molar refractivity (Wildman–Crippen MR) is 147 cm³/mol. The first-order valence-corrected chi connectivity index (χ1v) is 12.4. The number of carboxylic acid groups (broad SMARTS) is 1. The maximum Gasteiger partial charge on any atom is 0.490 e. The molecule has 0 fully saturated rings. The molecule has 2 N–H and O–H groups in total. The summed E-state index contributed by atoms with van der Waals surface area (Å²) in [4.78, 5) is 26.4. The van der Waals surface area contributed by atoms with Crippen LogP contribution in [0.15, 0.2) is 109 Å². The topological polar surface area (TPSA) is 84.2 Å². The van der Waals surface area contributed by atoms with Crippen LogP contribution in [0, 0.1) is 0 Å². The highest BCUT2D eigenvalue weighted by Gasteiger charge is 2.38. The summed E-state index contributed by atoms with van der Waals surface area (Å²) in [6, 6.07) is 36.5. The fourth-order valence-corrected chi connectivity index (χ4v) is 4.06. The highest BCUT2D eigenvalue weighted by Crippen LogP contribution is 2.26. The molecule has 1 amide bonds. The van der Waals surface area contributed by atoms with Gasteiger partial charge in [-0.2, -0.15) is 13.2 Å². The number of carboxylic acids is 1. The van der Waals surface area contributed by atoms with E-state index in [9.17, 15) is 18.0 Å². The van der Waals surface area contributed by atoms with Gasteiger partial charge >= 0.3 is 12.1 Å². The van der Waals surface area contributed by atoms with Crippen molar-refractivity contribution in [3.8, 4) is 11.4 Å². The number of carbonyl (C=O) groups is 2. The molecule has 6 nitrogen and oxygen atoms in total. The van der Waals surface area contributed by atoms with Gasteiger partial charge < -0.3 is 15.0 Å². The third kappa shape index (κ3) is 7.35. The molecule has 40 heavy (non-hydrogen) atoms. The van der Waals surface area contributed by atoms with Crippen molar-refractivity contribution in [2.24, 2.45) is 0 Å². The van der Waals surface area contributed by atoms with Crippen molar-refractivity contribution in [1.82, 2.24) is 14.9 Å². The van der Waals surface area contributed by atoms with E-state index in [4.69, 9.17) is 14.9 Å². The molecule has 0 aliphatic rings. The lowest BCUT2D eigenvalue weighted by molar-refractivity contribution is -0.192. The van der Waals surface area contributed by atoms with Crippen molar-refractivity contribution < 1.29 is 27.9 Å². The molecule has 9 heteroatoms. The summed E-state index contributed by atoms with van der Waals surface area (Å²) >= 11 is 0. The second-order valence-corrected chi connectivity index (χ2v) is 8.87. The summed E-state index contributed by atoms with van der Waals surface area (Å²) in [5.74, 6) is -1.92. The Kier molecular flexibility index (Phi) is 8.96. The molecule has 0 atom stereocenters. The van der Waals surface area contributed by atoms with Crippen LogP contribution in [0.2, 0.25) is 0 Å². The number of halogens is 3. The number of nitrogens with zero attached hydrogens (tertiary/aromatic N) is 2. The van der Waals surface area contributed by atoms with Crippen LogP contribution in [0.5, 0.6) is 0 Å². The summed E-state index contributed by atoms with van der Waals surface area (Å²) in [5, 5.41) is 10.1. The number of amides is 1. The van der Waals surface area contributed by atoms with Crippen LogP contribution in [0.25, 0.3) is 22.4 Å². The second kappa shape index (κ2) is 12.8. The zero-order valence-electron chi connectivity index (χ0n) is 21.3. The van der Waals surface area contributed by atoms with Crippen LogP contribution >= 0.6 is 0 Å². The third-order valence-electron chi connectivity index (χ3n) is 6.03. The maximum absolute atomic E-state index is 12.6. The van der Waals surface area contributed by atoms with E-state index in [1.165, 1.54) is 11.1 Å². The summed E-state index contributed by atoms with van der Waals surface area (Å²) in [5.41, 5.74) is 6.13. The lowest BCUT2D eigenvalue weighted by atomic mass is 10.1. The lowest BCUT2D eigenvalue weighted by Crippen LogP contribution is -2.25. The molecule has 0 aliphatic carbocycles. The van der Waals surface area contributed by atoms with Gasteiger partial charge in [0.2, 0.25) is 0 Å². The third-order valence-corrected chi connectivity index (χ3v) is 6.03. The number of benzene rings is 4. The molecule has 0 saturated heterocycles. The van der Waals surface area contributed by atoms with E-state index in [-0.39, 0.29) is 5.91 Å². The molecule has 1 aromatic heterocycles. The standard InChI is InChI=1S/C29H25N3O.C2HF3O2/c33-29(30-20-19-22-9-3-1-4-10-22)25-17-15-24(16-18-25)28-31-26-13-7-8-14-27(26)32(28)21-23-11-5-2-6-12-23;3-2(4,5)1(6)7/h1-18H,19-21H2,(H,30,33);(H,6,7). The van der Waals surface area contributed by atoms with Crippen LogP contribution < -0.4 is 5.32 Å². The van der Waals surface area contributed by atoms with Gasteiger partial charge in [-0.15, -0.1) is 0 Å². The van der Waals surface area contributed by atoms with Gasteiger partial charge in [0.1, 0.15) is 5.82 Å². The van der Waals surface area contributed by atoms with E-state index < -0.39 is 12.1 Å². The Labute approximate surface area is 228 Å². The van der Waals surface area contributed by atoms with Gasteiger partial charge in [0.05, 0.1) is 11.0 Å². The number of hydrogen-bond acceptors (Lipinski definition) is 3. The van der Waals surface area contributed by atoms with Crippen LogP contribution in [0.3, 0.4) is 0 Å². The van der Waals surface area contributed by atoms with Crippen molar-refractivity contribution in [2.45, 2.75) is 19.1 Å². The molecular formula is C31H26F3N3O3. The van der Waals surface area contributed by atoms with Gasteiger partial charge in [0.25, 0.3) is 5.91 Å². The largest absolute Gasteiger partial charge is 0.490 e. The zero-order valence-corrected chi connectivity index (χ0v) is 21.3. The van der Waals surface area contributed by atoms with Crippen LogP contribution in [0.1, 0.15) is 21.5 Å².